The fourth-order valence-corrected chi connectivity index (χ4v) is 8.50. The summed E-state index contributed by atoms with van der Waals surface area (Å²) in [6.07, 6.45) is 81.2. The molecule has 0 fully saturated rings. The van der Waals surface area contributed by atoms with Crippen LogP contribution in [0, 0.1) is 0 Å². The first-order valence-electron chi connectivity index (χ1n) is 30.7. The summed E-state index contributed by atoms with van der Waals surface area (Å²) >= 11 is 0. The lowest BCUT2D eigenvalue weighted by Crippen LogP contribution is -2.30. The third-order valence-corrected chi connectivity index (χ3v) is 13.1. The molecule has 0 aromatic heterocycles. The number of carbonyl (C=O) groups is 3. The molecule has 418 valence electrons. The fourth-order valence-electron chi connectivity index (χ4n) is 8.50. The van der Waals surface area contributed by atoms with Crippen LogP contribution in [0.5, 0.6) is 0 Å². The van der Waals surface area contributed by atoms with Crippen molar-refractivity contribution in [2.45, 2.75) is 297 Å². The Morgan fingerprint density at radius 1 is 0.288 bits per heavy atom. The molecule has 0 bridgehead atoms. The predicted octanol–water partition coefficient (Wildman–Crippen LogP) is 20.9. The molecule has 73 heavy (non-hydrogen) atoms. The molecule has 6 nitrogen and oxygen atoms in total. The number of hydrogen-bond donors (Lipinski definition) is 0. The van der Waals surface area contributed by atoms with Gasteiger partial charge >= 0.3 is 17.9 Å². The SMILES string of the molecule is CC/C=C\C/C=C\C/C=C\CCCCCCCCCC(=O)OC(COC(=O)CCCCCCC/C=C\C/C=C\C/C=C\CC)COC(=O)CCCCCCCCCCCCC/C=C\C/C=C\CCCCCCC. The maximum Gasteiger partial charge on any atom is 0.306 e. The second kappa shape index (κ2) is 60.9. The van der Waals surface area contributed by atoms with E-state index >= 15 is 0 Å². The van der Waals surface area contributed by atoms with E-state index in [1.54, 1.807) is 0 Å². The standard InChI is InChI=1S/C67H114O6/c1-4-7-10-13-16-19-22-25-28-30-31-32-33-34-35-37-39-42-45-48-51-54-57-60-66(69)72-63-64(62-71-65(68)59-56-53-50-47-44-41-38-27-24-21-18-15-12-9-6-3)73-67(70)61-58-55-52-49-46-43-40-36-29-26-23-20-17-14-11-8-5-2/h8-9,11-12,17-18,20-22,25-27,29-31,38,64H,4-7,10,13-16,19,23-24,28,32-37,39-63H2,1-3H3/b11-8-,12-9-,20-17-,21-18-,25-22-,29-26-,31-30-,38-27-. The molecule has 0 aliphatic carbocycles. The Balaban J connectivity index is 4.37. The summed E-state index contributed by atoms with van der Waals surface area (Å²) in [5.41, 5.74) is 0. The summed E-state index contributed by atoms with van der Waals surface area (Å²) in [5, 5.41) is 0. The van der Waals surface area contributed by atoms with E-state index in [0.29, 0.717) is 19.3 Å². The predicted molar refractivity (Wildman–Crippen MR) is 316 cm³/mol. The third kappa shape index (κ3) is 59.1. The van der Waals surface area contributed by atoms with Crippen LogP contribution in [0.3, 0.4) is 0 Å². The van der Waals surface area contributed by atoms with Crippen molar-refractivity contribution in [2.75, 3.05) is 13.2 Å². The van der Waals surface area contributed by atoms with E-state index < -0.39 is 6.10 Å². The van der Waals surface area contributed by atoms with Gasteiger partial charge < -0.3 is 14.2 Å². The number of unbranched alkanes of at least 4 members (excludes halogenated alkanes) is 28. The smallest absolute Gasteiger partial charge is 0.306 e. The highest BCUT2D eigenvalue weighted by Crippen LogP contribution is 2.16. The molecular weight excluding hydrogens is 901 g/mol. The molecule has 0 aromatic carbocycles. The van der Waals surface area contributed by atoms with Crippen molar-refractivity contribution < 1.29 is 28.6 Å². The highest BCUT2D eigenvalue weighted by Gasteiger charge is 2.19. The molecule has 0 heterocycles. The lowest BCUT2D eigenvalue weighted by Gasteiger charge is -2.18. The average Bonchev–Trinajstić information content (AvgIpc) is 3.39. The maximum absolute atomic E-state index is 12.9. The van der Waals surface area contributed by atoms with Crippen LogP contribution >= 0.6 is 0 Å². The first kappa shape index (κ1) is 69.3. The molecule has 0 saturated heterocycles. The highest BCUT2D eigenvalue weighted by atomic mass is 16.6. The van der Waals surface area contributed by atoms with Crippen LogP contribution in [-0.4, -0.2) is 37.2 Å². The minimum atomic E-state index is -0.793. The number of ether oxygens (including phenoxy) is 3. The zero-order chi connectivity index (χ0) is 52.9. The summed E-state index contributed by atoms with van der Waals surface area (Å²) in [6, 6.07) is 0. The molecule has 1 atom stereocenters. The molecule has 0 radical (unpaired) electrons. The van der Waals surface area contributed by atoms with Crippen molar-refractivity contribution in [2.24, 2.45) is 0 Å². The van der Waals surface area contributed by atoms with E-state index in [1.165, 1.54) is 122 Å². The molecule has 1 unspecified atom stereocenters. The van der Waals surface area contributed by atoms with Gasteiger partial charge in [-0.2, -0.15) is 0 Å². The molecule has 0 spiro atoms. The zero-order valence-corrected chi connectivity index (χ0v) is 47.9. The number of hydrogen-bond acceptors (Lipinski definition) is 6. The molecule has 0 amide bonds. The number of carbonyl (C=O) groups excluding carboxylic acids is 3. The van der Waals surface area contributed by atoms with E-state index in [1.807, 2.05) is 0 Å². The Morgan fingerprint density at radius 3 is 0.836 bits per heavy atom. The van der Waals surface area contributed by atoms with Gasteiger partial charge in [-0.25, -0.2) is 0 Å². The van der Waals surface area contributed by atoms with Crippen LogP contribution in [0.25, 0.3) is 0 Å². The molecule has 0 rings (SSSR count). The number of rotatable bonds is 55. The van der Waals surface area contributed by atoms with Gasteiger partial charge in [0, 0.05) is 19.3 Å². The summed E-state index contributed by atoms with van der Waals surface area (Å²) < 4.78 is 16.9. The monoisotopic (exact) mass is 1010 g/mol. The van der Waals surface area contributed by atoms with E-state index in [0.717, 1.165) is 128 Å². The fraction of sp³-hybridized carbons (Fsp3) is 0.716. The minimum Gasteiger partial charge on any atom is -0.462 e. The Labute approximate surface area is 451 Å². The van der Waals surface area contributed by atoms with Gasteiger partial charge in [-0.05, 0) is 116 Å². The van der Waals surface area contributed by atoms with Crippen LogP contribution in [0.2, 0.25) is 0 Å². The molecule has 0 saturated carbocycles. The van der Waals surface area contributed by atoms with Gasteiger partial charge in [0.15, 0.2) is 6.10 Å². The Kier molecular flexibility index (Phi) is 57.8. The highest BCUT2D eigenvalue weighted by molar-refractivity contribution is 5.71. The lowest BCUT2D eigenvalue weighted by molar-refractivity contribution is -0.167. The van der Waals surface area contributed by atoms with E-state index in [4.69, 9.17) is 14.2 Å². The van der Waals surface area contributed by atoms with Crippen molar-refractivity contribution in [3.63, 3.8) is 0 Å². The second-order valence-corrected chi connectivity index (χ2v) is 20.2. The Hall–Kier alpha value is -3.67. The van der Waals surface area contributed by atoms with E-state index in [2.05, 4.69) is 118 Å². The molecule has 0 N–H and O–H groups in total. The molecule has 0 aliphatic heterocycles. The van der Waals surface area contributed by atoms with Gasteiger partial charge in [-0.15, -0.1) is 0 Å². The number of allylic oxidation sites excluding steroid dienone is 16. The van der Waals surface area contributed by atoms with Crippen molar-refractivity contribution >= 4 is 17.9 Å². The van der Waals surface area contributed by atoms with Crippen molar-refractivity contribution in [1.29, 1.82) is 0 Å². The summed E-state index contributed by atoms with van der Waals surface area (Å²) in [7, 11) is 0. The third-order valence-electron chi connectivity index (χ3n) is 13.1. The quantitative estimate of drug-likeness (QED) is 0.0261. The topological polar surface area (TPSA) is 78.9 Å². The van der Waals surface area contributed by atoms with Gasteiger partial charge in [0.25, 0.3) is 0 Å². The minimum absolute atomic E-state index is 0.0882. The summed E-state index contributed by atoms with van der Waals surface area (Å²) in [4.78, 5) is 38.3. The largest absolute Gasteiger partial charge is 0.462 e. The van der Waals surface area contributed by atoms with Crippen LogP contribution in [0.4, 0.5) is 0 Å². The van der Waals surface area contributed by atoms with Gasteiger partial charge in [0.2, 0.25) is 0 Å². The van der Waals surface area contributed by atoms with E-state index in [9.17, 15) is 14.4 Å². The summed E-state index contributed by atoms with van der Waals surface area (Å²) in [5.74, 6) is -0.911. The Morgan fingerprint density at radius 2 is 0.534 bits per heavy atom. The first-order valence-corrected chi connectivity index (χ1v) is 30.7. The summed E-state index contributed by atoms with van der Waals surface area (Å²) in [6.45, 7) is 6.40. The normalized spacial score (nSPS) is 12.8. The van der Waals surface area contributed by atoms with Gasteiger partial charge in [0.1, 0.15) is 13.2 Å². The second-order valence-electron chi connectivity index (χ2n) is 20.2. The van der Waals surface area contributed by atoms with Crippen molar-refractivity contribution in [1.82, 2.24) is 0 Å². The number of esters is 3. The Bertz CT molecular complexity index is 1440. The van der Waals surface area contributed by atoms with Gasteiger partial charge in [-0.3, -0.25) is 14.4 Å². The van der Waals surface area contributed by atoms with Gasteiger partial charge in [0.05, 0.1) is 0 Å². The van der Waals surface area contributed by atoms with Gasteiger partial charge in [-0.1, -0.05) is 253 Å². The van der Waals surface area contributed by atoms with Crippen molar-refractivity contribution in [3.05, 3.63) is 97.2 Å². The average molecular weight is 1020 g/mol. The van der Waals surface area contributed by atoms with Crippen LogP contribution in [0.15, 0.2) is 97.2 Å². The molecule has 0 aliphatic rings. The molecule has 6 heteroatoms. The van der Waals surface area contributed by atoms with Crippen LogP contribution < -0.4 is 0 Å². The van der Waals surface area contributed by atoms with E-state index in [-0.39, 0.29) is 31.1 Å². The van der Waals surface area contributed by atoms with Crippen LogP contribution in [-0.2, 0) is 28.6 Å². The zero-order valence-electron chi connectivity index (χ0n) is 47.9. The lowest BCUT2D eigenvalue weighted by atomic mass is 10.0. The van der Waals surface area contributed by atoms with Crippen LogP contribution in [0.1, 0.15) is 290 Å². The maximum atomic E-state index is 12.9. The first-order chi connectivity index (χ1) is 36.0. The molecule has 0 aromatic rings. The van der Waals surface area contributed by atoms with Crippen molar-refractivity contribution in [3.8, 4) is 0 Å². The molecular formula is C67H114O6.